The average Bonchev–Trinajstić information content (AvgIpc) is 2.27. The number of hydrogen-bond donors (Lipinski definition) is 3. The van der Waals surface area contributed by atoms with Gasteiger partial charge in [-0.2, -0.15) is 0 Å². The van der Waals surface area contributed by atoms with Crippen molar-refractivity contribution in [3.05, 3.63) is 23.9 Å². The molecule has 88 valence electrons. The molecular formula is C9H12F2N4O. The molecule has 1 aromatic rings. The molecule has 0 bridgehead atoms. The number of nitrogens with zero attached hydrogens (tertiary/aromatic N) is 1. The zero-order valence-corrected chi connectivity index (χ0v) is 8.41. The molecule has 16 heavy (non-hydrogen) atoms. The lowest BCUT2D eigenvalue weighted by Crippen LogP contribution is -2.36. The number of pyridine rings is 1. The van der Waals surface area contributed by atoms with Gasteiger partial charge in [0, 0.05) is 6.20 Å². The van der Waals surface area contributed by atoms with E-state index in [-0.39, 0.29) is 11.4 Å². The fourth-order valence-electron chi connectivity index (χ4n) is 1.03. The van der Waals surface area contributed by atoms with Crippen LogP contribution in [0.4, 0.5) is 14.6 Å². The van der Waals surface area contributed by atoms with Crippen molar-refractivity contribution >= 4 is 11.7 Å². The molecule has 0 spiro atoms. The van der Waals surface area contributed by atoms with Crippen molar-refractivity contribution in [1.29, 1.82) is 0 Å². The number of halogens is 2. The van der Waals surface area contributed by atoms with Gasteiger partial charge in [0.2, 0.25) is 0 Å². The number of carbonyl (C=O) groups is 1. The van der Waals surface area contributed by atoms with Crippen LogP contribution < -0.4 is 16.8 Å². The van der Waals surface area contributed by atoms with Crippen LogP contribution in [0.15, 0.2) is 18.3 Å². The Morgan fingerprint density at radius 1 is 1.56 bits per heavy atom. The predicted octanol–water partition coefficient (Wildman–Crippen LogP) is 0.186. The number of amides is 1. The van der Waals surface area contributed by atoms with E-state index in [9.17, 15) is 13.6 Å². The average molecular weight is 230 g/mol. The van der Waals surface area contributed by atoms with E-state index in [0.29, 0.717) is 0 Å². The topological polar surface area (TPSA) is 94.0 Å². The minimum Gasteiger partial charge on any atom is -0.365 e. The Morgan fingerprint density at radius 2 is 2.25 bits per heavy atom. The molecule has 0 unspecified atom stereocenters. The molecule has 0 radical (unpaired) electrons. The summed E-state index contributed by atoms with van der Waals surface area (Å²) in [6, 6.07) is 2.89. The molecule has 1 rings (SSSR count). The van der Waals surface area contributed by atoms with E-state index >= 15 is 0 Å². The molecule has 0 aliphatic rings. The van der Waals surface area contributed by atoms with Gasteiger partial charge in [-0.05, 0) is 12.1 Å². The molecule has 0 atom stereocenters. The normalized spacial score (nSPS) is 11.2. The summed E-state index contributed by atoms with van der Waals surface area (Å²) >= 11 is 0. The van der Waals surface area contributed by atoms with E-state index in [1.54, 1.807) is 0 Å². The van der Waals surface area contributed by atoms with Crippen LogP contribution in [0, 0.1) is 0 Å². The SMILES string of the molecule is NCC(F)(F)CNc1ncccc1C(N)=O. The monoisotopic (exact) mass is 230 g/mol. The first kappa shape index (κ1) is 12.3. The van der Waals surface area contributed by atoms with Crippen molar-refractivity contribution in [2.75, 3.05) is 18.4 Å². The molecular weight excluding hydrogens is 218 g/mol. The van der Waals surface area contributed by atoms with Gasteiger partial charge in [-0.25, -0.2) is 13.8 Å². The third-order valence-electron chi connectivity index (χ3n) is 1.89. The third kappa shape index (κ3) is 3.13. The van der Waals surface area contributed by atoms with Crippen molar-refractivity contribution in [3.63, 3.8) is 0 Å². The standard InChI is InChI=1S/C9H12F2N4O/c10-9(11,4-12)5-15-8-6(7(13)16)2-1-3-14-8/h1-3H,4-5,12H2,(H2,13,16)(H,14,15). The van der Waals surface area contributed by atoms with Crippen LogP contribution in [0.1, 0.15) is 10.4 Å². The molecule has 0 aliphatic carbocycles. The lowest BCUT2D eigenvalue weighted by atomic mass is 10.2. The lowest BCUT2D eigenvalue weighted by molar-refractivity contribution is 0.0252. The number of primary amides is 1. The molecule has 5 N–H and O–H groups in total. The van der Waals surface area contributed by atoms with Crippen LogP contribution in [0.3, 0.4) is 0 Å². The summed E-state index contributed by atoms with van der Waals surface area (Å²) in [5.41, 5.74) is 9.99. The molecule has 1 heterocycles. The Bertz CT molecular complexity index is 384. The third-order valence-corrected chi connectivity index (χ3v) is 1.89. The van der Waals surface area contributed by atoms with Crippen molar-refractivity contribution < 1.29 is 13.6 Å². The minimum absolute atomic E-state index is 0.0307. The summed E-state index contributed by atoms with van der Waals surface area (Å²) in [6.07, 6.45) is 1.37. The molecule has 0 aliphatic heterocycles. The highest BCUT2D eigenvalue weighted by atomic mass is 19.3. The first-order valence-electron chi connectivity index (χ1n) is 4.53. The number of aromatic nitrogens is 1. The minimum atomic E-state index is -3.05. The second-order valence-corrected chi connectivity index (χ2v) is 3.18. The summed E-state index contributed by atoms with van der Waals surface area (Å²) in [4.78, 5) is 14.7. The Balaban J connectivity index is 2.78. The first-order valence-corrected chi connectivity index (χ1v) is 4.53. The second kappa shape index (κ2) is 4.84. The second-order valence-electron chi connectivity index (χ2n) is 3.18. The van der Waals surface area contributed by atoms with E-state index in [4.69, 9.17) is 11.5 Å². The maximum absolute atomic E-state index is 12.8. The number of nitrogens with one attached hydrogen (secondary N) is 1. The van der Waals surface area contributed by atoms with Gasteiger partial charge in [-0.1, -0.05) is 0 Å². The zero-order chi connectivity index (χ0) is 12.2. The molecule has 1 amide bonds. The molecule has 1 aromatic heterocycles. The van der Waals surface area contributed by atoms with Crippen LogP contribution in [0.2, 0.25) is 0 Å². The van der Waals surface area contributed by atoms with Gasteiger partial charge in [0.15, 0.2) is 0 Å². The van der Waals surface area contributed by atoms with Crippen LogP contribution in [0.5, 0.6) is 0 Å². The zero-order valence-electron chi connectivity index (χ0n) is 8.41. The number of rotatable bonds is 5. The van der Waals surface area contributed by atoms with E-state index in [0.717, 1.165) is 0 Å². The van der Waals surface area contributed by atoms with Crippen molar-refractivity contribution in [1.82, 2.24) is 4.98 Å². The molecule has 0 saturated heterocycles. The van der Waals surface area contributed by atoms with Gasteiger partial charge in [0.1, 0.15) is 5.82 Å². The highest BCUT2D eigenvalue weighted by Crippen LogP contribution is 2.15. The Morgan fingerprint density at radius 3 is 2.81 bits per heavy atom. The number of alkyl halides is 2. The van der Waals surface area contributed by atoms with Crippen LogP contribution in [0.25, 0.3) is 0 Å². The smallest absolute Gasteiger partial charge is 0.276 e. The van der Waals surface area contributed by atoms with Gasteiger partial charge in [0.25, 0.3) is 11.8 Å². The molecule has 0 saturated carbocycles. The van der Waals surface area contributed by atoms with Gasteiger partial charge < -0.3 is 16.8 Å². The van der Waals surface area contributed by atoms with E-state index in [1.807, 2.05) is 0 Å². The fourth-order valence-corrected chi connectivity index (χ4v) is 1.03. The van der Waals surface area contributed by atoms with Crippen molar-refractivity contribution in [2.45, 2.75) is 5.92 Å². The largest absolute Gasteiger partial charge is 0.365 e. The summed E-state index contributed by atoms with van der Waals surface area (Å²) in [5.74, 6) is -3.75. The lowest BCUT2D eigenvalue weighted by Gasteiger charge is -2.15. The van der Waals surface area contributed by atoms with Gasteiger partial charge in [-0.15, -0.1) is 0 Å². The van der Waals surface area contributed by atoms with Gasteiger partial charge in [0.05, 0.1) is 18.7 Å². The highest BCUT2D eigenvalue weighted by Gasteiger charge is 2.26. The van der Waals surface area contributed by atoms with Crippen LogP contribution in [-0.2, 0) is 0 Å². The van der Waals surface area contributed by atoms with Gasteiger partial charge in [-0.3, -0.25) is 4.79 Å². The van der Waals surface area contributed by atoms with E-state index in [2.05, 4.69) is 10.3 Å². The fraction of sp³-hybridized carbons (Fsp3) is 0.333. The quantitative estimate of drug-likeness (QED) is 0.672. The first-order chi connectivity index (χ1) is 7.46. The maximum atomic E-state index is 12.8. The highest BCUT2D eigenvalue weighted by molar-refractivity contribution is 5.97. The summed E-state index contributed by atoms with van der Waals surface area (Å²) < 4.78 is 25.7. The Labute approximate surface area is 90.8 Å². The van der Waals surface area contributed by atoms with Crippen molar-refractivity contribution in [2.24, 2.45) is 11.5 Å². The molecule has 5 nitrogen and oxygen atoms in total. The van der Waals surface area contributed by atoms with Crippen molar-refractivity contribution in [3.8, 4) is 0 Å². The van der Waals surface area contributed by atoms with Gasteiger partial charge >= 0.3 is 0 Å². The van der Waals surface area contributed by atoms with Crippen LogP contribution in [-0.4, -0.2) is 29.9 Å². The Kier molecular flexibility index (Phi) is 3.73. The maximum Gasteiger partial charge on any atom is 0.276 e. The van der Waals surface area contributed by atoms with E-state index < -0.39 is 24.9 Å². The molecule has 0 fully saturated rings. The predicted molar refractivity (Wildman–Crippen MR) is 55.2 cm³/mol. The number of anilines is 1. The molecule has 0 aromatic carbocycles. The summed E-state index contributed by atoms with van der Waals surface area (Å²) in [7, 11) is 0. The number of nitrogens with two attached hydrogens (primary N) is 2. The molecule has 7 heteroatoms. The van der Waals surface area contributed by atoms with E-state index in [1.165, 1.54) is 18.3 Å². The Hall–Kier alpha value is -1.76. The number of hydrogen-bond acceptors (Lipinski definition) is 4. The number of carbonyl (C=O) groups excluding carboxylic acids is 1. The summed E-state index contributed by atoms with van der Waals surface area (Å²) in [6.45, 7) is -1.47. The van der Waals surface area contributed by atoms with Crippen LogP contribution >= 0.6 is 0 Å². The summed E-state index contributed by atoms with van der Waals surface area (Å²) in [5, 5.41) is 2.34.